The van der Waals surface area contributed by atoms with Crippen LogP contribution in [0.25, 0.3) is 0 Å². The molecule has 0 heterocycles. The second-order valence-electron chi connectivity index (χ2n) is 4.96. The van der Waals surface area contributed by atoms with Crippen molar-refractivity contribution >= 4 is 33.8 Å². The van der Waals surface area contributed by atoms with Gasteiger partial charge in [-0.1, -0.05) is 29.3 Å². The van der Waals surface area contributed by atoms with Crippen LogP contribution in [0.5, 0.6) is 5.75 Å². The predicted molar refractivity (Wildman–Crippen MR) is 91.9 cm³/mol. The van der Waals surface area contributed by atoms with Crippen LogP contribution in [0.15, 0.2) is 52.5 Å². The van der Waals surface area contributed by atoms with Crippen molar-refractivity contribution in [1.29, 1.82) is 0 Å². The number of nitrogens with zero attached hydrogens (tertiary/aromatic N) is 1. The SMILES string of the molecule is CC(=O)N/N=C/c1cc(Cl)ccc1OS(=O)(=O)c1ccc(C)cc1. The van der Waals surface area contributed by atoms with Gasteiger partial charge in [0.2, 0.25) is 5.91 Å². The number of hydrogen-bond donors (Lipinski definition) is 1. The van der Waals surface area contributed by atoms with Crippen LogP contribution in [0.4, 0.5) is 0 Å². The van der Waals surface area contributed by atoms with Gasteiger partial charge in [-0.25, -0.2) is 5.43 Å². The van der Waals surface area contributed by atoms with Gasteiger partial charge in [0.1, 0.15) is 4.90 Å². The highest BCUT2D eigenvalue weighted by molar-refractivity contribution is 7.87. The van der Waals surface area contributed by atoms with Crippen LogP contribution in [0.1, 0.15) is 18.1 Å². The number of amides is 1. The van der Waals surface area contributed by atoms with Crippen molar-refractivity contribution in [3.05, 3.63) is 58.6 Å². The quantitative estimate of drug-likeness (QED) is 0.501. The van der Waals surface area contributed by atoms with Crippen LogP contribution < -0.4 is 9.61 Å². The molecule has 2 aromatic carbocycles. The topological polar surface area (TPSA) is 84.8 Å². The number of hydrazone groups is 1. The first-order valence-electron chi connectivity index (χ1n) is 6.88. The molecule has 0 aliphatic rings. The van der Waals surface area contributed by atoms with E-state index >= 15 is 0 Å². The zero-order valence-corrected chi connectivity index (χ0v) is 14.6. The fraction of sp³-hybridized carbons (Fsp3) is 0.125. The lowest BCUT2D eigenvalue weighted by Gasteiger charge is -2.10. The van der Waals surface area contributed by atoms with E-state index in [0.29, 0.717) is 10.6 Å². The number of aryl methyl sites for hydroxylation is 1. The fourth-order valence-electron chi connectivity index (χ4n) is 1.76. The molecule has 2 rings (SSSR count). The summed E-state index contributed by atoms with van der Waals surface area (Å²) in [5.41, 5.74) is 3.47. The van der Waals surface area contributed by atoms with Gasteiger partial charge in [0.15, 0.2) is 5.75 Å². The van der Waals surface area contributed by atoms with Crippen molar-refractivity contribution in [2.24, 2.45) is 5.10 Å². The molecule has 0 saturated heterocycles. The van der Waals surface area contributed by atoms with E-state index in [4.69, 9.17) is 15.8 Å². The first-order chi connectivity index (χ1) is 11.3. The largest absolute Gasteiger partial charge is 0.378 e. The molecule has 0 bridgehead atoms. The van der Waals surface area contributed by atoms with Gasteiger partial charge in [0, 0.05) is 17.5 Å². The number of carbonyl (C=O) groups excluding carboxylic acids is 1. The molecule has 8 heteroatoms. The summed E-state index contributed by atoms with van der Waals surface area (Å²) in [6.45, 7) is 3.15. The van der Waals surface area contributed by atoms with Crippen LogP contribution in [0.3, 0.4) is 0 Å². The van der Waals surface area contributed by atoms with Gasteiger partial charge in [-0.05, 0) is 37.3 Å². The Hall–Kier alpha value is -2.38. The average Bonchev–Trinajstić information content (AvgIpc) is 2.50. The van der Waals surface area contributed by atoms with Gasteiger partial charge in [0.25, 0.3) is 0 Å². The molecule has 0 radical (unpaired) electrons. The second kappa shape index (κ2) is 7.46. The van der Waals surface area contributed by atoms with E-state index in [1.54, 1.807) is 12.1 Å². The third-order valence-corrected chi connectivity index (χ3v) is 4.39. The first kappa shape index (κ1) is 18.0. The molecule has 24 heavy (non-hydrogen) atoms. The Labute approximate surface area is 145 Å². The number of hydrogen-bond acceptors (Lipinski definition) is 5. The zero-order valence-electron chi connectivity index (χ0n) is 13.0. The van der Waals surface area contributed by atoms with Crippen LogP contribution in [-0.4, -0.2) is 20.5 Å². The highest BCUT2D eigenvalue weighted by Gasteiger charge is 2.18. The zero-order chi connectivity index (χ0) is 17.7. The van der Waals surface area contributed by atoms with E-state index in [0.717, 1.165) is 5.56 Å². The number of nitrogens with one attached hydrogen (secondary N) is 1. The molecule has 0 fully saturated rings. The van der Waals surface area contributed by atoms with E-state index in [2.05, 4.69) is 10.5 Å². The lowest BCUT2D eigenvalue weighted by molar-refractivity contribution is -0.118. The fourth-order valence-corrected chi connectivity index (χ4v) is 2.89. The standard InChI is InChI=1S/C16H15ClN2O4S/c1-11-3-6-15(7-4-11)24(21,22)23-16-8-5-14(17)9-13(16)10-18-19-12(2)20/h3-10H,1-2H3,(H,19,20)/b18-10+. The summed E-state index contributed by atoms with van der Waals surface area (Å²) in [5, 5.41) is 4.07. The summed E-state index contributed by atoms with van der Waals surface area (Å²) < 4.78 is 29.9. The molecular weight excluding hydrogens is 352 g/mol. The molecule has 0 atom stereocenters. The maximum absolute atomic E-state index is 12.4. The lowest BCUT2D eigenvalue weighted by Crippen LogP contribution is -2.13. The molecule has 0 saturated carbocycles. The minimum absolute atomic E-state index is 0.0350. The van der Waals surface area contributed by atoms with E-state index in [9.17, 15) is 13.2 Å². The van der Waals surface area contributed by atoms with Gasteiger partial charge in [0.05, 0.1) is 6.21 Å². The normalized spacial score (nSPS) is 11.5. The van der Waals surface area contributed by atoms with Crippen molar-refractivity contribution in [3.63, 3.8) is 0 Å². The summed E-state index contributed by atoms with van der Waals surface area (Å²) in [6.07, 6.45) is 1.26. The Morgan fingerprint density at radius 1 is 1.21 bits per heavy atom. The maximum atomic E-state index is 12.4. The molecule has 126 valence electrons. The molecule has 0 aliphatic heterocycles. The molecule has 2 aromatic rings. The summed E-state index contributed by atoms with van der Waals surface area (Å²) in [4.78, 5) is 10.9. The van der Waals surface area contributed by atoms with Crippen molar-refractivity contribution < 1.29 is 17.4 Å². The minimum atomic E-state index is -4.00. The second-order valence-corrected chi connectivity index (χ2v) is 6.94. The van der Waals surface area contributed by atoms with Crippen LogP contribution in [0, 0.1) is 6.92 Å². The number of benzene rings is 2. The monoisotopic (exact) mass is 366 g/mol. The van der Waals surface area contributed by atoms with Gasteiger partial charge in [-0.2, -0.15) is 13.5 Å². The Kier molecular flexibility index (Phi) is 5.58. The molecule has 6 nitrogen and oxygen atoms in total. The van der Waals surface area contributed by atoms with Crippen molar-refractivity contribution in [2.75, 3.05) is 0 Å². The Bertz CT molecular complexity index is 877. The van der Waals surface area contributed by atoms with E-state index in [-0.39, 0.29) is 16.6 Å². The molecule has 0 spiro atoms. The Morgan fingerprint density at radius 3 is 2.50 bits per heavy atom. The molecule has 0 aromatic heterocycles. The third kappa shape index (κ3) is 4.81. The van der Waals surface area contributed by atoms with Gasteiger partial charge >= 0.3 is 10.1 Å². The lowest BCUT2D eigenvalue weighted by atomic mass is 10.2. The summed E-state index contributed by atoms with van der Waals surface area (Å²) >= 11 is 5.91. The van der Waals surface area contributed by atoms with Crippen LogP contribution in [0.2, 0.25) is 5.02 Å². The van der Waals surface area contributed by atoms with E-state index in [1.165, 1.54) is 43.5 Å². The van der Waals surface area contributed by atoms with Gasteiger partial charge in [-0.15, -0.1) is 0 Å². The van der Waals surface area contributed by atoms with Crippen molar-refractivity contribution in [3.8, 4) is 5.75 Å². The highest BCUT2D eigenvalue weighted by Crippen LogP contribution is 2.25. The molecule has 0 aliphatic carbocycles. The molecule has 1 N–H and O–H groups in total. The van der Waals surface area contributed by atoms with Gasteiger partial charge in [-0.3, -0.25) is 4.79 Å². The Morgan fingerprint density at radius 2 is 1.88 bits per heavy atom. The maximum Gasteiger partial charge on any atom is 0.339 e. The van der Waals surface area contributed by atoms with Crippen molar-refractivity contribution in [1.82, 2.24) is 5.43 Å². The van der Waals surface area contributed by atoms with Gasteiger partial charge < -0.3 is 4.18 Å². The highest BCUT2D eigenvalue weighted by atomic mass is 35.5. The first-order valence-corrected chi connectivity index (χ1v) is 8.67. The molecule has 0 unspecified atom stereocenters. The predicted octanol–water partition coefficient (Wildman–Crippen LogP) is 2.89. The third-order valence-electron chi connectivity index (χ3n) is 2.91. The summed E-state index contributed by atoms with van der Waals surface area (Å²) in [6, 6.07) is 10.7. The van der Waals surface area contributed by atoms with Crippen LogP contribution in [-0.2, 0) is 14.9 Å². The average molecular weight is 367 g/mol. The molecule has 1 amide bonds. The van der Waals surface area contributed by atoms with E-state index < -0.39 is 10.1 Å². The minimum Gasteiger partial charge on any atom is -0.378 e. The summed E-state index contributed by atoms with van der Waals surface area (Å²) in [7, 11) is -4.00. The summed E-state index contributed by atoms with van der Waals surface area (Å²) in [5.74, 6) is -0.308. The van der Waals surface area contributed by atoms with Crippen molar-refractivity contribution in [2.45, 2.75) is 18.7 Å². The number of carbonyl (C=O) groups is 1. The van der Waals surface area contributed by atoms with Crippen LogP contribution >= 0.6 is 11.6 Å². The number of halogens is 1. The Balaban J connectivity index is 2.33. The molecular formula is C16H15ClN2O4S. The smallest absolute Gasteiger partial charge is 0.339 e. The number of rotatable bonds is 5. The van der Waals surface area contributed by atoms with E-state index in [1.807, 2.05) is 6.92 Å².